The van der Waals surface area contributed by atoms with Crippen molar-refractivity contribution in [2.45, 2.75) is 32.8 Å². The predicted molar refractivity (Wildman–Crippen MR) is 82.1 cm³/mol. The van der Waals surface area contributed by atoms with Crippen LogP contribution < -0.4 is 4.74 Å². The van der Waals surface area contributed by atoms with E-state index >= 15 is 0 Å². The maximum atomic E-state index is 14.3. The minimum Gasteiger partial charge on any atom is -0.494 e. The first-order chi connectivity index (χ1) is 9.85. The highest BCUT2D eigenvalue weighted by atomic mass is 19.1. The Morgan fingerprint density at radius 2 is 1.90 bits per heavy atom. The van der Waals surface area contributed by atoms with E-state index in [9.17, 15) is 9.50 Å². The van der Waals surface area contributed by atoms with E-state index in [1.165, 1.54) is 7.11 Å². The maximum absolute atomic E-state index is 14.3. The van der Waals surface area contributed by atoms with Crippen LogP contribution in [0.2, 0.25) is 0 Å². The van der Waals surface area contributed by atoms with Gasteiger partial charge in [0.25, 0.3) is 0 Å². The molecule has 112 valence electrons. The van der Waals surface area contributed by atoms with Crippen LogP contribution in [0, 0.1) is 19.7 Å². The number of halogens is 1. The van der Waals surface area contributed by atoms with Gasteiger partial charge < -0.3 is 9.84 Å². The van der Waals surface area contributed by atoms with Gasteiger partial charge in [-0.05, 0) is 43.5 Å². The molecule has 2 aromatic carbocycles. The normalized spacial score (nSPS) is 13.8. The molecule has 0 bridgehead atoms. The molecule has 21 heavy (non-hydrogen) atoms. The van der Waals surface area contributed by atoms with Gasteiger partial charge in [0.15, 0.2) is 11.6 Å². The second kappa shape index (κ2) is 5.86. The molecular weight excluding hydrogens is 267 g/mol. The van der Waals surface area contributed by atoms with E-state index in [0.29, 0.717) is 5.56 Å². The summed E-state index contributed by atoms with van der Waals surface area (Å²) in [4.78, 5) is 0. The van der Waals surface area contributed by atoms with Crippen molar-refractivity contribution in [3.63, 3.8) is 0 Å². The smallest absolute Gasteiger partial charge is 0.168 e. The molecule has 0 saturated carbocycles. The first-order valence-corrected chi connectivity index (χ1v) is 6.96. The number of aliphatic hydroxyl groups is 1. The Morgan fingerprint density at radius 1 is 1.19 bits per heavy atom. The molecule has 3 heteroatoms. The lowest BCUT2D eigenvalue weighted by Crippen LogP contribution is -2.26. The molecule has 0 aliphatic carbocycles. The fraction of sp³-hybridized carbons (Fsp3) is 0.333. The molecular formula is C18H21FO2. The lowest BCUT2D eigenvalue weighted by molar-refractivity contribution is 0.0559. The third-order valence-electron chi connectivity index (χ3n) is 3.77. The third-order valence-corrected chi connectivity index (χ3v) is 3.77. The van der Waals surface area contributed by atoms with E-state index in [1.807, 2.05) is 32.0 Å². The van der Waals surface area contributed by atoms with Gasteiger partial charge in [0.2, 0.25) is 0 Å². The van der Waals surface area contributed by atoms with Crippen molar-refractivity contribution in [3.8, 4) is 5.75 Å². The van der Waals surface area contributed by atoms with Crippen LogP contribution in [0.25, 0.3) is 0 Å². The number of hydrogen-bond acceptors (Lipinski definition) is 2. The highest BCUT2D eigenvalue weighted by molar-refractivity contribution is 5.38. The first-order valence-electron chi connectivity index (χ1n) is 6.96. The van der Waals surface area contributed by atoms with Crippen LogP contribution in [0.3, 0.4) is 0 Å². The van der Waals surface area contributed by atoms with Gasteiger partial charge in [0.1, 0.15) is 0 Å². The van der Waals surface area contributed by atoms with Crippen molar-refractivity contribution in [3.05, 3.63) is 64.5 Å². The van der Waals surface area contributed by atoms with Gasteiger partial charge in [-0.3, -0.25) is 0 Å². The van der Waals surface area contributed by atoms with E-state index in [0.717, 1.165) is 16.7 Å². The molecule has 0 spiro atoms. The number of hydrogen-bond donors (Lipinski definition) is 1. The van der Waals surface area contributed by atoms with Crippen LogP contribution in [0.4, 0.5) is 4.39 Å². The lowest BCUT2D eigenvalue weighted by atomic mass is 9.85. The largest absolute Gasteiger partial charge is 0.494 e. The van der Waals surface area contributed by atoms with Crippen molar-refractivity contribution >= 4 is 0 Å². The lowest BCUT2D eigenvalue weighted by Gasteiger charge is -2.26. The Balaban J connectivity index is 2.39. The first kappa shape index (κ1) is 15.5. The van der Waals surface area contributed by atoms with E-state index < -0.39 is 11.4 Å². The molecule has 1 N–H and O–H groups in total. The summed E-state index contributed by atoms with van der Waals surface area (Å²) < 4.78 is 19.3. The standard InChI is InChI=1S/C18H21FO2/c1-12-8-9-13(2)15(10-12)18(3,20)11-14-6-5-7-16(21-4)17(14)19/h5-10,20H,11H2,1-4H3. The fourth-order valence-electron chi connectivity index (χ4n) is 2.63. The number of ether oxygens (including phenoxy) is 1. The zero-order valence-corrected chi connectivity index (χ0v) is 12.9. The summed E-state index contributed by atoms with van der Waals surface area (Å²) in [6, 6.07) is 10.9. The van der Waals surface area contributed by atoms with Crippen LogP contribution in [-0.4, -0.2) is 12.2 Å². The van der Waals surface area contributed by atoms with Crippen molar-refractivity contribution in [1.82, 2.24) is 0 Å². The Hall–Kier alpha value is -1.87. The van der Waals surface area contributed by atoms with Crippen LogP contribution in [-0.2, 0) is 12.0 Å². The average molecular weight is 288 g/mol. The second-order valence-corrected chi connectivity index (χ2v) is 5.70. The van der Waals surface area contributed by atoms with Gasteiger partial charge in [0.05, 0.1) is 12.7 Å². The van der Waals surface area contributed by atoms with Crippen molar-refractivity contribution in [1.29, 1.82) is 0 Å². The number of benzene rings is 2. The minimum atomic E-state index is -1.14. The topological polar surface area (TPSA) is 29.5 Å². The van der Waals surface area contributed by atoms with Gasteiger partial charge >= 0.3 is 0 Å². The quantitative estimate of drug-likeness (QED) is 0.924. The van der Waals surface area contributed by atoms with Crippen LogP contribution in [0.1, 0.15) is 29.2 Å². The zero-order valence-electron chi connectivity index (χ0n) is 12.9. The van der Waals surface area contributed by atoms with Crippen molar-refractivity contribution in [2.24, 2.45) is 0 Å². The summed E-state index contributed by atoms with van der Waals surface area (Å²) in [5.41, 5.74) is 2.20. The fourth-order valence-corrected chi connectivity index (χ4v) is 2.63. The van der Waals surface area contributed by atoms with Gasteiger partial charge in [-0.15, -0.1) is 0 Å². The summed E-state index contributed by atoms with van der Waals surface area (Å²) in [6.07, 6.45) is 0.195. The summed E-state index contributed by atoms with van der Waals surface area (Å²) in [5, 5.41) is 10.8. The molecule has 0 aromatic heterocycles. The number of aryl methyl sites for hydroxylation is 2. The van der Waals surface area contributed by atoms with E-state index in [-0.39, 0.29) is 12.2 Å². The summed E-state index contributed by atoms with van der Waals surface area (Å²) in [6.45, 7) is 5.64. The van der Waals surface area contributed by atoms with E-state index in [1.54, 1.807) is 25.1 Å². The van der Waals surface area contributed by atoms with Gasteiger partial charge in [0, 0.05) is 6.42 Å². The van der Waals surface area contributed by atoms with Crippen LogP contribution in [0.15, 0.2) is 36.4 Å². The SMILES string of the molecule is COc1cccc(CC(C)(O)c2cc(C)ccc2C)c1F. The van der Waals surface area contributed by atoms with E-state index in [2.05, 4.69) is 0 Å². The molecule has 2 aromatic rings. The molecule has 0 aliphatic rings. The average Bonchev–Trinajstić information content (AvgIpc) is 2.43. The number of rotatable bonds is 4. The summed E-state index contributed by atoms with van der Waals surface area (Å²) in [7, 11) is 1.44. The molecule has 0 aliphatic heterocycles. The second-order valence-electron chi connectivity index (χ2n) is 5.70. The molecule has 0 heterocycles. The molecule has 0 radical (unpaired) electrons. The molecule has 0 fully saturated rings. The molecule has 2 rings (SSSR count). The Bertz CT molecular complexity index is 648. The van der Waals surface area contributed by atoms with Gasteiger partial charge in [-0.2, -0.15) is 0 Å². The summed E-state index contributed by atoms with van der Waals surface area (Å²) in [5.74, 6) is -0.213. The van der Waals surface area contributed by atoms with Crippen LogP contribution >= 0.6 is 0 Å². The van der Waals surface area contributed by atoms with E-state index in [4.69, 9.17) is 4.74 Å². The zero-order chi connectivity index (χ0) is 15.6. The monoisotopic (exact) mass is 288 g/mol. The molecule has 0 amide bonds. The van der Waals surface area contributed by atoms with Gasteiger partial charge in [-0.1, -0.05) is 35.9 Å². The van der Waals surface area contributed by atoms with Gasteiger partial charge in [-0.25, -0.2) is 4.39 Å². The highest BCUT2D eigenvalue weighted by Crippen LogP contribution is 2.31. The highest BCUT2D eigenvalue weighted by Gasteiger charge is 2.27. The Labute approximate surface area is 125 Å². The van der Waals surface area contributed by atoms with Crippen molar-refractivity contribution in [2.75, 3.05) is 7.11 Å². The third kappa shape index (κ3) is 3.24. The predicted octanol–water partition coefficient (Wildman–Crippen LogP) is 3.90. The summed E-state index contributed by atoms with van der Waals surface area (Å²) >= 11 is 0. The Kier molecular flexibility index (Phi) is 4.33. The minimum absolute atomic E-state index is 0.195. The van der Waals surface area contributed by atoms with Crippen molar-refractivity contribution < 1.29 is 14.2 Å². The Morgan fingerprint density at radius 3 is 2.57 bits per heavy atom. The molecule has 2 nitrogen and oxygen atoms in total. The molecule has 0 saturated heterocycles. The van der Waals surface area contributed by atoms with Crippen LogP contribution in [0.5, 0.6) is 5.75 Å². The molecule has 1 atom stereocenters. The molecule has 1 unspecified atom stereocenters. The maximum Gasteiger partial charge on any atom is 0.168 e. The number of methoxy groups -OCH3 is 1.